The number of fused-ring (bicyclic) bond motifs is 1. The normalized spacial score (nSPS) is 21.7. The number of amides is 2. The third-order valence-corrected chi connectivity index (χ3v) is 7.39. The Morgan fingerprint density at radius 3 is 2.49 bits per heavy atom. The van der Waals surface area contributed by atoms with E-state index in [2.05, 4.69) is 36.0 Å². The van der Waals surface area contributed by atoms with Gasteiger partial charge in [0.25, 0.3) is 5.91 Å². The van der Waals surface area contributed by atoms with Gasteiger partial charge < -0.3 is 24.8 Å². The highest BCUT2D eigenvalue weighted by atomic mass is 16.6. The number of hydrogen-bond donors (Lipinski definition) is 2. The van der Waals surface area contributed by atoms with Crippen molar-refractivity contribution in [3.8, 4) is 0 Å². The molecule has 2 unspecified atom stereocenters. The molecule has 2 aliphatic rings. The van der Waals surface area contributed by atoms with Crippen LogP contribution in [0, 0.1) is 5.92 Å². The second-order valence-corrected chi connectivity index (χ2v) is 12.8. The van der Waals surface area contributed by atoms with E-state index in [4.69, 9.17) is 9.72 Å². The summed E-state index contributed by atoms with van der Waals surface area (Å²) in [5, 5.41) is 3.17. The van der Waals surface area contributed by atoms with E-state index in [0.717, 1.165) is 43.8 Å². The maximum Gasteiger partial charge on any atom is 0.410 e. The Morgan fingerprint density at radius 2 is 1.81 bits per heavy atom. The molecule has 2 aromatic rings. The minimum absolute atomic E-state index is 0.0905. The summed E-state index contributed by atoms with van der Waals surface area (Å²) in [6.07, 6.45) is 5.19. The standard InChI is InChI=1S/C29H45N5O3/c1-28(2,3)26-31-23-12-10-11-22(24(23)32-26)25(35)30-18-20-13-16-34(27(36)37-29(4,5)6)21(17-20)19-33-14-8-7-9-15-33/h10-12,20-21H,7-9,13-19H2,1-6H3,(H,30,35)(H,31,32). The predicted octanol–water partition coefficient (Wildman–Crippen LogP) is 5.09. The van der Waals surface area contributed by atoms with Gasteiger partial charge in [-0.05, 0) is 77.6 Å². The van der Waals surface area contributed by atoms with Crippen LogP contribution in [0.25, 0.3) is 11.0 Å². The molecule has 2 saturated heterocycles. The zero-order valence-electron chi connectivity index (χ0n) is 23.5. The zero-order valence-corrected chi connectivity index (χ0v) is 23.5. The van der Waals surface area contributed by atoms with Gasteiger partial charge >= 0.3 is 6.09 Å². The molecule has 2 N–H and O–H groups in total. The summed E-state index contributed by atoms with van der Waals surface area (Å²) < 4.78 is 5.74. The molecule has 1 aromatic carbocycles. The van der Waals surface area contributed by atoms with Crippen molar-refractivity contribution in [2.45, 2.75) is 90.7 Å². The number of hydrogen-bond acceptors (Lipinski definition) is 5. The third-order valence-electron chi connectivity index (χ3n) is 7.39. The molecule has 0 bridgehead atoms. The van der Waals surface area contributed by atoms with E-state index >= 15 is 0 Å². The molecule has 0 spiro atoms. The Kier molecular flexibility index (Phi) is 8.17. The quantitative estimate of drug-likeness (QED) is 0.583. The van der Waals surface area contributed by atoms with Crippen molar-refractivity contribution in [3.63, 3.8) is 0 Å². The van der Waals surface area contributed by atoms with Crippen LogP contribution < -0.4 is 5.32 Å². The first-order valence-corrected chi connectivity index (χ1v) is 13.9. The van der Waals surface area contributed by atoms with E-state index in [1.807, 2.05) is 43.9 Å². The van der Waals surface area contributed by atoms with Crippen LogP contribution in [0.15, 0.2) is 18.2 Å². The third kappa shape index (κ3) is 7.03. The number of rotatable bonds is 5. The largest absolute Gasteiger partial charge is 0.444 e. The maximum atomic E-state index is 13.2. The zero-order chi connectivity index (χ0) is 26.8. The minimum Gasteiger partial charge on any atom is -0.444 e. The molecule has 2 amide bonds. The fourth-order valence-electron chi connectivity index (χ4n) is 5.40. The first-order chi connectivity index (χ1) is 17.4. The van der Waals surface area contributed by atoms with Gasteiger partial charge in [0.1, 0.15) is 16.9 Å². The summed E-state index contributed by atoms with van der Waals surface area (Å²) >= 11 is 0. The van der Waals surface area contributed by atoms with Crippen molar-refractivity contribution in [3.05, 3.63) is 29.6 Å². The molecule has 37 heavy (non-hydrogen) atoms. The number of carbonyl (C=O) groups excluding carboxylic acids is 2. The Labute approximate surface area is 221 Å². The van der Waals surface area contributed by atoms with Crippen molar-refractivity contribution in [1.82, 2.24) is 25.1 Å². The van der Waals surface area contributed by atoms with Crippen molar-refractivity contribution in [2.24, 2.45) is 5.92 Å². The van der Waals surface area contributed by atoms with Gasteiger partial charge in [-0.2, -0.15) is 0 Å². The number of para-hydroxylation sites is 1. The van der Waals surface area contributed by atoms with Crippen LogP contribution in [-0.2, 0) is 10.2 Å². The SMILES string of the molecule is CC(C)(C)OC(=O)N1CCC(CNC(=O)c2cccc3[nH]c(C(C)(C)C)nc23)CC1CN1CCCCC1. The Bertz CT molecular complexity index is 1090. The number of nitrogens with zero attached hydrogens (tertiary/aromatic N) is 3. The number of carbonyl (C=O) groups is 2. The lowest BCUT2D eigenvalue weighted by molar-refractivity contribution is -0.00181. The average molecular weight is 512 g/mol. The molecule has 1 aromatic heterocycles. The van der Waals surface area contributed by atoms with Crippen molar-refractivity contribution < 1.29 is 14.3 Å². The monoisotopic (exact) mass is 511 g/mol. The lowest BCUT2D eigenvalue weighted by Gasteiger charge is -2.42. The van der Waals surface area contributed by atoms with Gasteiger partial charge in [-0.15, -0.1) is 0 Å². The van der Waals surface area contributed by atoms with Crippen molar-refractivity contribution in [1.29, 1.82) is 0 Å². The average Bonchev–Trinajstić information content (AvgIpc) is 3.27. The fraction of sp³-hybridized carbons (Fsp3) is 0.690. The van der Waals surface area contributed by atoms with Crippen LogP contribution in [-0.4, -0.2) is 76.1 Å². The lowest BCUT2D eigenvalue weighted by Crippen LogP contribution is -2.54. The highest BCUT2D eigenvalue weighted by molar-refractivity contribution is 6.04. The Hall–Kier alpha value is -2.61. The first-order valence-electron chi connectivity index (χ1n) is 13.9. The van der Waals surface area contributed by atoms with Gasteiger partial charge in [-0.1, -0.05) is 33.3 Å². The number of H-pyrrole nitrogens is 1. The van der Waals surface area contributed by atoms with Crippen LogP contribution in [0.4, 0.5) is 4.79 Å². The molecule has 8 nitrogen and oxygen atoms in total. The first kappa shape index (κ1) is 27.4. The van der Waals surface area contributed by atoms with Gasteiger partial charge in [0.15, 0.2) is 0 Å². The highest BCUT2D eigenvalue weighted by Gasteiger charge is 2.35. The second-order valence-electron chi connectivity index (χ2n) is 12.8. The molecule has 204 valence electrons. The lowest BCUT2D eigenvalue weighted by atomic mass is 9.90. The molecule has 8 heteroatoms. The van der Waals surface area contributed by atoms with Crippen LogP contribution in [0.1, 0.15) is 89.8 Å². The van der Waals surface area contributed by atoms with Gasteiger partial charge in [-0.25, -0.2) is 9.78 Å². The van der Waals surface area contributed by atoms with Crippen LogP contribution in [0.3, 0.4) is 0 Å². The number of aromatic nitrogens is 2. The van der Waals surface area contributed by atoms with E-state index in [1.54, 1.807) is 0 Å². The molecule has 2 aliphatic heterocycles. The predicted molar refractivity (Wildman–Crippen MR) is 147 cm³/mol. The summed E-state index contributed by atoms with van der Waals surface area (Å²) in [5.41, 5.74) is 1.55. The topological polar surface area (TPSA) is 90.6 Å². The van der Waals surface area contributed by atoms with Gasteiger partial charge in [0, 0.05) is 31.1 Å². The van der Waals surface area contributed by atoms with Crippen LogP contribution in [0.5, 0.6) is 0 Å². The van der Waals surface area contributed by atoms with E-state index in [1.165, 1.54) is 19.3 Å². The van der Waals surface area contributed by atoms with E-state index < -0.39 is 5.60 Å². The fourth-order valence-corrected chi connectivity index (χ4v) is 5.40. The van der Waals surface area contributed by atoms with Crippen LogP contribution >= 0.6 is 0 Å². The molecular formula is C29H45N5O3. The van der Waals surface area contributed by atoms with Crippen LogP contribution in [0.2, 0.25) is 0 Å². The molecule has 0 radical (unpaired) electrons. The number of nitrogens with one attached hydrogen (secondary N) is 2. The van der Waals surface area contributed by atoms with E-state index in [9.17, 15) is 9.59 Å². The minimum atomic E-state index is -0.516. The molecule has 2 atom stereocenters. The molecule has 0 saturated carbocycles. The Morgan fingerprint density at radius 1 is 1.08 bits per heavy atom. The van der Waals surface area contributed by atoms with Gasteiger partial charge in [-0.3, -0.25) is 4.79 Å². The summed E-state index contributed by atoms with van der Waals surface area (Å²) in [7, 11) is 0. The van der Waals surface area contributed by atoms with Gasteiger partial charge in [0.2, 0.25) is 0 Å². The van der Waals surface area contributed by atoms with Crippen molar-refractivity contribution >= 4 is 23.0 Å². The van der Waals surface area contributed by atoms with E-state index in [-0.39, 0.29) is 23.5 Å². The molecule has 2 fully saturated rings. The summed E-state index contributed by atoms with van der Waals surface area (Å²) in [6.45, 7) is 16.3. The Balaban J connectivity index is 1.42. The smallest absolute Gasteiger partial charge is 0.410 e. The number of likely N-dealkylation sites (tertiary alicyclic amines) is 2. The summed E-state index contributed by atoms with van der Waals surface area (Å²) in [6, 6.07) is 5.80. The molecule has 0 aliphatic carbocycles. The number of benzene rings is 1. The molecular weight excluding hydrogens is 466 g/mol. The molecule has 4 rings (SSSR count). The number of imidazole rings is 1. The summed E-state index contributed by atoms with van der Waals surface area (Å²) in [5.74, 6) is 1.08. The number of aromatic amines is 1. The van der Waals surface area contributed by atoms with E-state index in [0.29, 0.717) is 30.1 Å². The van der Waals surface area contributed by atoms with Crippen molar-refractivity contribution in [2.75, 3.05) is 32.7 Å². The maximum absolute atomic E-state index is 13.2. The molecule has 3 heterocycles. The second kappa shape index (κ2) is 11.0. The number of ether oxygens (including phenoxy) is 1. The highest BCUT2D eigenvalue weighted by Crippen LogP contribution is 2.27. The summed E-state index contributed by atoms with van der Waals surface area (Å²) in [4.78, 5) is 38.8. The number of piperidine rings is 2. The van der Waals surface area contributed by atoms with Gasteiger partial charge in [0.05, 0.1) is 11.1 Å².